The summed E-state index contributed by atoms with van der Waals surface area (Å²) in [5.74, 6) is 0.805. The number of hydrogen-bond donors (Lipinski definition) is 4. The molecule has 4 N–H and O–H groups in total. The molecule has 0 aromatic heterocycles. The second kappa shape index (κ2) is 15.2. The van der Waals surface area contributed by atoms with Crippen molar-refractivity contribution in [1.82, 2.24) is 10.5 Å². The van der Waals surface area contributed by atoms with E-state index in [2.05, 4.69) is 37.4 Å². The van der Waals surface area contributed by atoms with Gasteiger partial charge in [-0.3, -0.25) is 4.79 Å². The predicted octanol–water partition coefficient (Wildman–Crippen LogP) is 5.10. The van der Waals surface area contributed by atoms with Crippen molar-refractivity contribution in [3.63, 3.8) is 0 Å². The van der Waals surface area contributed by atoms with E-state index in [1.54, 1.807) is 7.11 Å². The summed E-state index contributed by atoms with van der Waals surface area (Å²) in [6.45, 7) is 10.5. The maximum Gasteiger partial charge on any atom is 0.395 e. The highest BCUT2D eigenvalue weighted by atomic mass is 16.4. The van der Waals surface area contributed by atoms with Crippen molar-refractivity contribution >= 4 is 13.5 Å². The van der Waals surface area contributed by atoms with Gasteiger partial charge in [-0.2, -0.15) is 0 Å². The Balaban J connectivity index is 2.08. The predicted molar refractivity (Wildman–Crippen MR) is 152 cm³/mol. The van der Waals surface area contributed by atoms with Crippen molar-refractivity contribution in [2.45, 2.75) is 78.9 Å². The van der Waals surface area contributed by atoms with Crippen molar-refractivity contribution in [3.8, 4) is 16.9 Å². The maximum atomic E-state index is 12.7. The lowest BCUT2D eigenvalue weighted by atomic mass is 9.82. The molecule has 0 spiro atoms. The summed E-state index contributed by atoms with van der Waals surface area (Å²) in [5.41, 5.74) is 2.37. The molecule has 6 nitrogen and oxygen atoms in total. The van der Waals surface area contributed by atoms with Gasteiger partial charge in [0.1, 0.15) is 5.75 Å². The molecule has 2 aromatic carbocycles. The Morgan fingerprint density at radius 2 is 1.84 bits per heavy atom. The standard InChI is InChI=1S/C30H46BN2O4/c1-7-8-16-30(4,5)29(36)32-20-28(35)26(33-31-37-6)19-24(21(2)3)17-22-14-15-25(27(34)18-22)23-12-10-9-11-13-23/h9-15,18,21,24,26,28,33-35H,7-8,16-17,19-20H2,1-6H3,(H,32,36)/t24-,26-,28-/m0/s1. The fraction of sp³-hybridized carbons (Fsp3) is 0.567. The second-order valence-corrected chi connectivity index (χ2v) is 11.1. The maximum absolute atomic E-state index is 12.7. The van der Waals surface area contributed by atoms with Crippen LogP contribution in [0.5, 0.6) is 5.75 Å². The van der Waals surface area contributed by atoms with Crippen molar-refractivity contribution in [1.29, 1.82) is 0 Å². The minimum Gasteiger partial charge on any atom is -0.507 e. The zero-order chi connectivity index (χ0) is 27.4. The first-order chi connectivity index (χ1) is 17.6. The van der Waals surface area contributed by atoms with E-state index in [1.165, 1.54) is 7.62 Å². The van der Waals surface area contributed by atoms with Gasteiger partial charge in [0.25, 0.3) is 0 Å². The van der Waals surface area contributed by atoms with Crippen LogP contribution < -0.4 is 10.5 Å². The molecule has 37 heavy (non-hydrogen) atoms. The highest BCUT2D eigenvalue weighted by molar-refractivity contribution is 6.23. The number of amides is 1. The number of aromatic hydroxyl groups is 1. The number of unbranched alkanes of at least 4 members (excludes halogenated alkanes) is 1. The van der Waals surface area contributed by atoms with Crippen LogP contribution in [0, 0.1) is 17.3 Å². The first-order valence-corrected chi connectivity index (χ1v) is 13.5. The van der Waals surface area contributed by atoms with Crippen LogP contribution in [0.15, 0.2) is 48.5 Å². The Morgan fingerprint density at radius 3 is 2.43 bits per heavy atom. The average molecular weight is 510 g/mol. The largest absolute Gasteiger partial charge is 0.507 e. The Hall–Kier alpha value is -2.35. The highest BCUT2D eigenvalue weighted by Gasteiger charge is 2.30. The molecule has 2 rings (SSSR count). The van der Waals surface area contributed by atoms with Crippen molar-refractivity contribution in [3.05, 3.63) is 54.1 Å². The highest BCUT2D eigenvalue weighted by Crippen LogP contribution is 2.32. The van der Waals surface area contributed by atoms with Crippen LogP contribution in [0.3, 0.4) is 0 Å². The van der Waals surface area contributed by atoms with Crippen LogP contribution in [0.2, 0.25) is 0 Å². The number of aliphatic hydroxyl groups excluding tert-OH is 1. The summed E-state index contributed by atoms with van der Waals surface area (Å²) in [6.07, 6.45) is 3.50. The molecular formula is C30H46BN2O4. The molecule has 0 aliphatic carbocycles. The molecule has 2 aromatic rings. The number of rotatable bonds is 16. The molecule has 0 fully saturated rings. The normalized spacial score (nSPS) is 14.3. The minimum atomic E-state index is -0.785. The zero-order valence-corrected chi connectivity index (χ0v) is 23.5. The van der Waals surface area contributed by atoms with E-state index in [4.69, 9.17) is 4.65 Å². The molecule has 0 aliphatic heterocycles. The van der Waals surface area contributed by atoms with E-state index >= 15 is 0 Å². The van der Waals surface area contributed by atoms with Gasteiger partial charge in [-0.05, 0) is 48.3 Å². The first kappa shape index (κ1) is 30.9. The summed E-state index contributed by atoms with van der Waals surface area (Å²) < 4.78 is 5.11. The van der Waals surface area contributed by atoms with Crippen LogP contribution in [0.1, 0.15) is 65.9 Å². The molecule has 0 bridgehead atoms. The molecule has 1 radical (unpaired) electrons. The van der Waals surface area contributed by atoms with Crippen LogP contribution in [-0.2, 0) is 15.9 Å². The topological polar surface area (TPSA) is 90.8 Å². The lowest BCUT2D eigenvalue weighted by molar-refractivity contribution is -0.130. The van der Waals surface area contributed by atoms with E-state index in [0.717, 1.165) is 42.4 Å². The quantitative estimate of drug-likeness (QED) is 0.237. The van der Waals surface area contributed by atoms with E-state index in [0.29, 0.717) is 12.3 Å². The fourth-order valence-electron chi connectivity index (χ4n) is 4.59. The first-order valence-electron chi connectivity index (χ1n) is 13.5. The fourth-order valence-corrected chi connectivity index (χ4v) is 4.59. The van der Waals surface area contributed by atoms with Gasteiger partial charge in [0.2, 0.25) is 5.91 Å². The number of hydrogen-bond acceptors (Lipinski definition) is 5. The van der Waals surface area contributed by atoms with Crippen molar-refractivity contribution in [2.24, 2.45) is 17.3 Å². The van der Waals surface area contributed by atoms with Gasteiger partial charge in [-0.1, -0.05) is 89.9 Å². The monoisotopic (exact) mass is 509 g/mol. The smallest absolute Gasteiger partial charge is 0.395 e. The van der Waals surface area contributed by atoms with E-state index < -0.39 is 11.5 Å². The van der Waals surface area contributed by atoms with Gasteiger partial charge < -0.3 is 25.4 Å². The van der Waals surface area contributed by atoms with Crippen molar-refractivity contribution in [2.75, 3.05) is 13.7 Å². The number of carbonyl (C=O) groups is 1. The minimum absolute atomic E-state index is 0.0381. The van der Waals surface area contributed by atoms with E-state index in [-0.39, 0.29) is 30.2 Å². The number of phenolic OH excluding ortho intramolecular Hbond substituents is 1. The molecule has 1 amide bonds. The summed E-state index contributed by atoms with van der Waals surface area (Å²) >= 11 is 0. The SMILES string of the molecule is CCCCC(C)(C)C(=O)NC[C@H](O)[C@H](C[C@H](Cc1ccc(-c2ccccc2)c(O)c1)C(C)C)N[B]OC. The molecule has 0 saturated heterocycles. The third-order valence-electron chi connectivity index (χ3n) is 7.25. The summed E-state index contributed by atoms with van der Waals surface area (Å²) in [5, 5.41) is 27.9. The lowest BCUT2D eigenvalue weighted by Crippen LogP contribution is -2.50. The van der Waals surface area contributed by atoms with Crippen molar-refractivity contribution < 1.29 is 19.7 Å². The number of benzene rings is 2. The summed E-state index contributed by atoms with van der Waals surface area (Å²) in [6, 6.07) is 15.4. The Morgan fingerprint density at radius 1 is 1.14 bits per heavy atom. The van der Waals surface area contributed by atoms with Gasteiger partial charge in [0.15, 0.2) is 0 Å². The molecule has 7 heteroatoms. The van der Waals surface area contributed by atoms with Crippen LogP contribution in [0.25, 0.3) is 11.1 Å². The van der Waals surface area contributed by atoms with Gasteiger partial charge in [-0.25, -0.2) is 0 Å². The van der Waals surface area contributed by atoms with Crippen LogP contribution in [0.4, 0.5) is 0 Å². The number of nitrogens with one attached hydrogen (secondary N) is 2. The molecule has 0 saturated carbocycles. The molecule has 203 valence electrons. The zero-order valence-electron chi connectivity index (χ0n) is 23.5. The Labute approximate surface area is 224 Å². The van der Waals surface area contributed by atoms with Crippen LogP contribution >= 0.6 is 0 Å². The third kappa shape index (κ3) is 9.80. The molecular weight excluding hydrogens is 463 g/mol. The van der Waals surface area contributed by atoms with Gasteiger partial charge in [0.05, 0.1) is 6.10 Å². The van der Waals surface area contributed by atoms with Crippen LogP contribution in [-0.4, -0.2) is 49.5 Å². The third-order valence-corrected chi connectivity index (χ3v) is 7.25. The number of carbonyl (C=O) groups excluding carboxylic acids is 1. The lowest BCUT2D eigenvalue weighted by Gasteiger charge is -2.31. The van der Waals surface area contributed by atoms with E-state index in [9.17, 15) is 15.0 Å². The van der Waals surface area contributed by atoms with E-state index in [1.807, 2.05) is 56.3 Å². The average Bonchev–Trinajstić information content (AvgIpc) is 2.88. The Bertz CT molecular complexity index is 952. The molecule has 3 atom stereocenters. The Kier molecular flexibility index (Phi) is 12.7. The number of phenols is 1. The summed E-state index contributed by atoms with van der Waals surface area (Å²) in [4.78, 5) is 12.7. The molecule has 0 heterocycles. The van der Waals surface area contributed by atoms with Gasteiger partial charge in [0, 0.05) is 30.7 Å². The van der Waals surface area contributed by atoms with Gasteiger partial charge in [-0.15, -0.1) is 0 Å². The van der Waals surface area contributed by atoms with Gasteiger partial charge >= 0.3 is 7.62 Å². The second-order valence-electron chi connectivity index (χ2n) is 11.1. The number of aliphatic hydroxyl groups is 1. The summed E-state index contributed by atoms with van der Waals surface area (Å²) in [7, 11) is 3.05. The molecule has 0 unspecified atom stereocenters. The molecule has 0 aliphatic rings.